The van der Waals surface area contributed by atoms with Crippen molar-refractivity contribution in [2.24, 2.45) is 0 Å². The summed E-state index contributed by atoms with van der Waals surface area (Å²) in [7, 11) is -2.48. The van der Waals surface area contributed by atoms with E-state index in [-0.39, 0.29) is 27.4 Å². The molecule has 0 aliphatic carbocycles. The number of nitrogens with one attached hydrogen (secondary N) is 1. The summed E-state index contributed by atoms with van der Waals surface area (Å²) in [6, 6.07) is 41.0. The third-order valence-corrected chi connectivity index (χ3v) is 12.5. The zero-order chi connectivity index (χ0) is 41.1. The third-order valence-electron chi connectivity index (χ3n) is 10.8. The topological polar surface area (TPSA) is 123 Å². The SMILES string of the molecule is CN(CCN1CCOCC1)c1ccc(C(=O)Nc2nn(C(c3ccccc3)(c3ccccc3)c3ccccc3)c3ccc(S(=O)(=O)c4cc(F)cc(F)c4)cc23)c(N)c1. The number of rotatable bonds is 12. The molecule has 0 atom stereocenters. The molecule has 1 aliphatic heterocycles. The number of hydrogen-bond acceptors (Lipinski definition) is 8. The normalized spacial score (nSPS) is 13.7. The Morgan fingerprint density at radius 2 is 1.36 bits per heavy atom. The van der Waals surface area contributed by atoms with Crippen molar-refractivity contribution in [2.75, 3.05) is 62.4 Å². The first-order valence-corrected chi connectivity index (χ1v) is 20.7. The Bertz CT molecular complexity index is 2610. The van der Waals surface area contributed by atoms with Crippen molar-refractivity contribution in [3.8, 4) is 0 Å². The lowest BCUT2D eigenvalue weighted by molar-refractivity contribution is 0.0393. The van der Waals surface area contributed by atoms with Crippen LogP contribution in [0, 0.1) is 11.6 Å². The molecule has 6 aromatic carbocycles. The maximum atomic E-state index is 14.3. The summed E-state index contributed by atoms with van der Waals surface area (Å²) in [5.74, 6) is -2.58. The Labute approximate surface area is 341 Å². The zero-order valence-corrected chi connectivity index (χ0v) is 33.1. The fourth-order valence-corrected chi connectivity index (χ4v) is 9.08. The molecule has 1 saturated heterocycles. The van der Waals surface area contributed by atoms with E-state index in [9.17, 15) is 22.0 Å². The van der Waals surface area contributed by atoms with E-state index in [1.165, 1.54) is 12.1 Å². The lowest BCUT2D eigenvalue weighted by atomic mass is 9.77. The molecule has 1 aromatic heterocycles. The summed E-state index contributed by atoms with van der Waals surface area (Å²) in [4.78, 5) is 17.9. The molecule has 10 nitrogen and oxygen atoms in total. The van der Waals surface area contributed by atoms with Gasteiger partial charge in [0.15, 0.2) is 5.82 Å². The second-order valence-corrected chi connectivity index (χ2v) is 16.4. The number of aromatic nitrogens is 2. The highest BCUT2D eigenvalue weighted by Gasteiger charge is 2.41. The first-order chi connectivity index (χ1) is 28.5. The fourth-order valence-electron chi connectivity index (χ4n) is 7.75. The first-order valence-electron chi connectivity index (χ1n) is 19.2. The number of carbonyl (C=O) groups excluding carboxylic acids is 1. The second-order valence-electron chi connectivity index (χ2n) is 14.5. The molecule has 0 bridgehead atoms. The Morgan fingerprint density at radius 3 is 1.92 bits per heavy atom. The lowest BCUT2D eigenvalue weighted by Crippen LogP contribution is -2.40. The average molecular weight is 813 g/mol. The number of hydrogen-bond donors (Lipinski definition) is 2. The summed E-state index contributed by atoms with van der Waals surface area (Å²) in [5, 5.41) is 8.34. The first kappa shape index (κ1) is 39.4. The highest BCUT2D eigenvalue weighted by molar-refractivity contribution is 7.91. The Morgan fingerprint density at radius 1 is 0.780 bits per heavy atom. The molecule has 0 unspecified atom stereocenters. The van der Waals surface area contributed by atoms with Crippen molar-refractivity contribution in [1.82, 2.24) is 14.7 Å². The molecule has 0 radical (unpaired) electrons. The Kier molecular flexibility index (Phi) is 11.0. The van der Waals surface area contributed by atoms with E-state index in [1.807, 2.05) is 104 Å². The van der Waals surface area contributed by atoms with Gasteiger partial charge < -0.3 is 20.7 Å². The Balaban J connectivity index is 1.27. The van der Waals surface area contributed by atoms with E-state index >= 15 is 0 Å². The minimum absolute atomic E-state index is 0.0470. The predicted molar refractivity (Wildman–Crippen MR) is 225 cm³/mol. The number of benzene rings is 6. The number of amides is 1. The van der Waals surface area contributed by atoms with Crippen LogP contribution in [0.1, 0.15) is 27.0 Å². The summed E-state index contributed by atoms with van der Waals surface area (Å²) in [5.41, 5.74) is 9.65. The van der Waals surface area contributed by atoms with Crippen LogP contribution in [-0.2, 0) is 20.1 Å². The van der Waals surface area contributed by atoms with Crippen molar-refractivity contribution in [3.63, 3.8) is 0 Å². The molecule has 8 rings (SSSR count). The molecule has 1 amide bonds. The number of carbonyl (C=O) groups is 1. The van der Waals surface area contributed by atoms with E-state index in [0.717, 1.165) is 60.7 Å². The highest BCUT2D eigenvalue weighted by atomic mass is 32.2. The van der Waals surface area contributed by atoms with Gasteiger partial charge in [-0.2, -0.15) is 5.10 Å². The van der Waals surface area contributed by atoms with Gasteiger partial charge >= 0.3 is 0 Å². The van der Waals surface area contributed by atoms with Crippen molar-refractivity contribution >= 4 is 43.8 Å². The largest absolute Gasteiger partial charge is 0.398 e. The second kappa shape index (κ2) is 16.5. The molecule has 3 N–H and O–H groups in total. The molecule has 59 heavy (non-hydrogen) atoms. The molecule has 13 heteroatoms. The van der Waals surface area contributed by atoms with Crippen LogP contribution in [0.25, 0.3) is 10.9 Å². The monoisotopic (exact) mass is 812 g/mol. The van der Waals surface area contributed by atoms with E-state index in [2.05, 4.69) is 15.1 Å². The minimum atomic E-state index is -4.45. The number of halogens is 2. The quantitative estimate of drug-likeness (QED) is 0.0957. The van der Waals surface area contributed by atoms with Gasteiger partial charge in [0.25, 0.3) is 5.91 Å². The molecular weight excluding hydrogens is 771 g/mol. The van der Waals surface area contributed by atoms with Crippen LogP contribution < -0.4 is 16.0 Å². The van der Waals surface area contributed by atoms with Crippen LogP contribution in [0.5, 0.6) is 0 Å². The molecule has 1 fully saturated rings. The van der Waals surface area contributed by atoms with Crippen LogP contribution in [0.15, 0.2) is 155 Å². The third kappa shape index (κ3) is 7.67. The number of nitrogens with zero attached hydrogens (tertiary/aromatic N) is 4. The van der Waals surface area contributed by atoms with Crippen LogP contribution >= 0.6 is 0 Å². The molecule has 1 aliphatic rings. The minimum Gasteiger partial charge on any atom is -0.398 e. The van der Waals surface area contributed by atoms with Gasteiger partial charge in [0, 0.05) is 56.1 Å². The molecule has 2 heterocycles. The van der Waals surface area contributed by atoms with Crippen LogP contribution in [0.2, 0.25) is 0 Å². The number of ether oxygens (including phenoxy) is 1. The van der Waals surface area contributed by atoms with Gasteiger partial charge in [-0.3, -0.25) is 9.69 Å². The Hall–Kier alpha value is -6.41. The maximum absolute atomic E-state index is 14.3. The van der Waals surface area contributed by atoms with Gasteiger partial charge in [-0.25, -0.2) is 21.9 Å². The summed E-state index contributed by atoms with van der Waals surface area (Å²) >= 11 is 0. The van der Waals surface area contributed by atoms with Gasteiger partial charge in [0.1, 0.15) is 17.2 Å². The number of morpholine rings is 1. The van der Waals surface area contributed by atoms with Crippen LogP contribution in [0.3, 0.4) is 0 Å². The van der Waals surface area contributed by atoms with E-state index in [4.69, 9.17) is 15.6 Å². The number of nitrogen functional groups attached to an aromatic ring is 1. The van der Waals surface area contributed by atoms with E-state index < -0.39 is 37.8 Å². The van der Waals surface area contributed by atoms with Crippen molar-refractivity contribution < 1.29 is 26.7 Å². The summed E-state index contributed by atoms with van der Waals surface area (Å²) < 4.78 is 63.9. The zero-order valence-electron chi connectivity index (χ0n) is 32.3. The fraction of sp³-hybridized carbons (Fsp3) is 0.174. The number of fused-ring (bicyclic) bond motifs is 1. The van der Waals surface area contributed by atoms with Crippen molar-refractivity contribution in [3.05, 3.63) is 179 Å². The number of anilines is 3. The van der Waals surface area contributed by atoms with Gasteiger partial charge in [0.05, 0.1) is 34.1 Å². The maximum Gasteiger partial charge on any atom is 0.258 e. The van der Waals surface area contributed by atoms with Crippen molar-refractivity contribution in [2.45, 2.75) is 15.3 Å². The van der Waals surface area contributed by atoms with Crippen LogP contribution in [0.4, 0.5) is 26.0 Å². The molecular formula is C46H42F2N6O4S. The average Bonchev–Trinajstić information content (AvgIpc) is 3.61. The number of sulfone groups is 1. The van der Waals surface area contributed by atoms with Crippen molar-refractivity contribution in [1.29, 1.82) is 0 Å². The van der Waals surface area contributed by atoms with E-state index in [1.54, 1.807) is 22.9 Å². The predicted octanol–water partition coefficient (Wildman–Crippen LogP) is 7.59. The molecule has 300 valence electrons. The van der Waals surface area contributed by atoms with E-state index in [0.29, 0.717) is 24.8 Å². The van der Waals surface area contributed by atoms with Gasteiger partial charge in [-0.05, 0) is 65.2 Å². The summed E-state index contributed by atoms with van der Waals surface area (Å²) in [6.45, 7) is 4.76. The van der Waals surface area contributed by atoms with Gasteiger partial charge in [-0.15, -0.1) is 0 Å². The standard InChI is InChI=1S/C46H42F2N6O4S/c1-52(21-22-53-23-25-58-26-24-53)37-17-19-40(42(49)30-37)45(55)50-44-41-31-38(59(56,57)39-28-35(47)27-36(48)29-39)18-20-43(41)54(51-44)46(32-11-5-2-6-12-32,33-13-7-3-8-14-33)34-15-9-4-10-16-34/h2-20,27-31H,21-26,49H2,1H3,(H,50,51,55). The number of likely N-dealkylation sites (N-methyl/N-ethyl adjacent to an activating group) is 1. The van der Waals surface area contributed by atoms with Gasteiger partial charge in [0.2, 0.25) is 9.84 Å². The molecule has 0 spiro atoms. The lowest BCUT2D eigenvalue weighted by Gasteiger charge is -2.37. The van der Waals surface area contributed by atoms with Crippen LogP contribution in [-0.4, -0.2) is 75.4 Å². The van der Waals surface area contributed by atoms with Gasteiger partial charge in [-0.1, -0.05) is 91.0 Å². The number of nitrogens with two attached hydrogens (primary N) is 1. The summed E-state index contributed by atoms with van der Waals surface area (Å²) in [6.07, 6.45) is 0. The smallest absolute Gasteiger partial charge is 0.258 e. The highest BCUT2D eigenvalue weighted by Crippen LogP contribution is 2.44. The molecule has 0 saturated carbocycles. The molecule has 7 aromatic rings.